The molecule has 0 aliphatic rings. The molecule has 0 fully saturated rings. The first-order valence-corrected chi connectivity index (χ1v) is 4.46. The van der Waals surface area contributed by atoms with Gasteiger partial charge in [-0.2, -0.15) is 0 Å². The van der Waals surface area contributed by atoms with E-state index in [0.29, 0.717) is 13.2 Å². The molecule has 0 aromatic carbocycles. The third-order valence-electron chi connectivity index (χ3n) is 1.13. The molecule has 74 valence electrons. The number of rotatable bonds is 5. The predicted octanol–water partition coefficient (Wildman–Crippen LogP) is 2.64. The van der Waals surface area contributed by atoms with Crippen LogP contribution in [0.3, 0.4) is 0 Å². The third-order valence-corrected chi connectivity index (χ3v) is 1.13. The predicted molar refractivity (Wildman–Crippen MR) is 53.5 cm³/mol. The largest absolute Gasteiger partial charge is 0.382 e. The minimum atomic E-state index is 0.691. The Balaban J connectivity index is 0. The monoisotopic (exact) mass is 174 g/mol. The zero-order valence-electron chi connectivity index (χ0n) is 8.80. The average Bonchev–Trinajstić information content (AvgIpc) is 2.12. The summed E-state index contributed by atoms with van der Waals surface area (Å²) in [7, 11) is 3.30. The highest BCUT2D eigenvalue weighted by molar-refractivity contribution is 4.77. The van der Waals surface area contributed by atoms with Crippen molar-refractivity contribution >= 4 is 0 Å². The lowest BCUT2D eigenvalue weighted by Gasteiger charge is -1.91. The summed E-state index contributed by atoms with van der Waals surface area (Å²) in [5.41, 5.74) is 0. The van der Waals surface area contributed by atoms with Gasteiger partial charge >= 0.3 is 0 Å². The first-order chi connectivity index (χ1) is 5.83. The molecule has 0 aromatic heterocycles. The molecular formula is C10H22O2. The summed E-state index contributed by atoms with van der Waals surface area (Å²) in [5.74, 6) is 0. The van der Waals surface area contributed by atoms with Crippen molar-refractivity contribution in [1.29, 1.82) is 0 Å². The van der Waals surface area contributed by atoms with Crippen molar-refractivity contribution in [1.82, 2.24) is 0 Å². The van der Waals surface area contributed by atoms with E-state index in [1.807, 2.05) is 0 Å². The topological polar surface area (TPSA) is 18.5 Å². The Bertz CT molecular complexity index is 69.9. The quantitative estimate of drug-likeness (QED) is 0.471. The summed E-state index contributed by atoms with van der Waals surface area (Å²) < 4.78 is 9.31. The molecular weight excluding hydrogens is 152 g/mol. The van der Waals surface area contributed by atoms with E-state index in [1.165, 1.54) is 12.8 Å². The number of ether oxygens (including phenoxy) is 2. The fourth-order valence-corrected chi connectivity index (χ4v) is 0.500. The molecule has 0 radical (unpaired) electrons. The molecule has 0 aliphatic heterocycles. The molecule has 0 N–H and O–H groups in total. The highest BCUT2D eigenvalue weighted by Crippen LogP contribution is 1.81. The van der Waals surface area contributed by atoms with E-state index in [-0.39, 0.29) is 0 Å². The summed E-state index contributed by atoms with van der Waals surface area (Å²) in [6.07, 6.45) is 6.71. The maximum atomic E-state index is 4.66. The van der Waals surface area contributed by atoms with Crippen molar-refractivity contribution in [3.63, 3.8) is 0 Å². The van der Waals surface area contributed by atoms with Crippen LogP contribution in [0.2, 0.25) is 0 Å². The molecule has 0 aliphatic carbocycles. The van der Waals surface area contributed by atoms with E-state index in [0.717, 1.165) is 0 Å². The maximum Gasteiger partial charge on any atom is 0.0696 e. The van der Waals surface area contributed by atoms with Crippen LogP contribution in [-0.2, 0) is 9.47 Å². The fourth-order valence-electron chi connectivity index (χ4n) is 0.500. The van der Waals surface area contributed by atoms with Crippen LogP contribution in [0.4, 0.5) is 0 Å². The molecule has 0 heterocycles. The van der Waals surface area contributed by atoms with Crippen LogP contribution in [0.1, 0.15) is 26.7 Å². The van der Waals surface area contributed by atoms with Gasteiger partial charge in [-0.3, -0.25) is 0 Å². The Hall–Kier alpha value is -0.340. The number of methoxy groups -OCH3 is 2. The Morgan fingerprint density at radius 2 is 1.17 bits per heavy atom. The molecule has 0 bridgehead atoms. The van der Waals surface area contributed by atoms with E-state index in [2.05, 4.69) is 35.5 Å². The minimum absolute atomic E-state index is 0.691. The molecule has 0 amide bonds. The van der Waals surface area contributed by atoms with Gasteiger partial charge in [0.15, 0.2) is 0 Å². The second kappa shape index (κ2) is 17.0. The maximum absolute atomic E-state index is 4.66. The Kier molecular flexibility index (Phi) is 20.1. The Labute approximate surface area is 76.6 Å². The molecule has 0 saturated carbocycles. The zero-order chi connectivity index (χ0) is 9.66. The van der Waals surface area contributed by atoms with Crippen LogP contribution in [0, 0.1) is 0 Å². The molecule has 2 heteroatoms. The lowest BCUT2D eigenvalue weighted by molar-refractivity contribution is 0.103. The second-order valence-electron chi connectivity index (χ2n) is 2.27. The van der Waals surface area contributed by atoms with Crippen LogP contribution >= 0.6 is 0 Å². The first-order valence-electron chi connectivity index (χ1n) is 4.46. The molecule has 0 unspecified atom stereocenters. The average molecular weight is 174 g/mol. The van der Waals surface area contributed by atoms with Gasteiger partial charge in [-0.15, -0.1) is 0 Å². The zero-order valence-corrected chi connectivity index (χ0v) is 8.80. The minimum Gasteiger partial charge on any atom is -0.382 e. The standard InChI is InChI=1S/C6H12.C4H10O2/c1-3-5-6-4-2;1-5-3-4-6-2/h5-6H,3-4H2,1-2H3;3-4H2,1-2H3/b6-5-;. The van der Waals surface area contributed by atoms with Crippen molar-refractivity contribution in [3.05, 3.63) is 12.2 Å². The third kappa shape index (κ3) is 22.6. The van der Waals surface area contributed by atoms with Crippen molar-refractivity contribution in [2.75, 3.05) is 27.4 Å². The molecule has 0 aromatic rings. The van der Waals surface area contributed by atoms with E-state index in [4.69, 9.17) is 0 Å². The number of hydrogen-bond acceptors (Lipinski definition) is 2. The number of hydrogen-bond donors (Lipinski definition) is 0. The van der Waals surface area contributed by atoms with Crippen molar-refractivity contribution in [3.8, 4) is 0 Å². The van der Waals surface area contributed by atoms with Gasteiger partial charge in [-0.25, -0.2) is 0 Å². The van der Waals surface area contributed by atoms with Crippen LogP contribution in [0.15, 0.2) is 12.2 Å². The fraction of sp³-hybridized carbons (Fsp3) is 0.800. The van der Waals surface area contributed by atoms with Crippen LogP contribution < -0.4 is 0 Å². The highest BCUT2D eigenvalue weighted by Gasteiger charge is 1.73. The summed E-state index contributed by atoms with van der Waals surface area (Å²) in [6, 6.07) is 0. The van der Waals surface area contributed by atoms with Gasteiger partial charge in [-0.05, 0) is 12.8 Å². The van der Waals surface area contributed by atoms with Crippen molar-refractivity contribution < 1.29 is 9.47 Å². The van der Waals surface area contributed by atoms with Gasteiger partial charge in [0.05, 0.1) is 13.2 Å². The van der Waals surface area contributed by atoms with Gasteiger partial charge in [0.25, 0.3) is 0 Å². The van der Waals surface area contributed by atoms with Gasteiger partial charge < -0.3 is 9.47 Å². The lowest BCUT2D eigenvalue weighted by Crippen LogP contribution is -1.96. The van der Waals surface area contributed by atoms with E-state index in [9.17, 15) is 0 Å². The normalized spacial score (nSPS) is 9.67. The van der Waals surface area contributed by atoms with Gasteiger partial charge in [0.2, 0.25) is 0 Å². The van der Waals surface area contributed by atoms with E-state index >= 15 is 0 Å². The molecule has 0 saturated heterocycles. The second-order valence-corrected chi connectivity index (χ2v) is 2.27. The molecule has 2 nitrogen and oxygen atoms in total. The van der Waals surface area contributed by atoms with E-state index < -0.39 is 0 Å². The number of allylic oxidation sites excluding steroid dienone is 2. The molecule has 0 atom stereocenters. The van der Waals surface area contributed by atoms with Gasteiger partial charge in [0.1, 0.15) is 0 Å². The lowest BCUT2D eigenvalue weighted by atomic mass is 10.4. The smallest absolute Gasteiger partial charge is 0.0696 e. The van der Waals surface area contributed by atoms with Crippen LogP contribution in [0.25, 0.3) is 0 Å². The van der Waals surface area contributed by atoms with Crippen molar-refractivity contribution in [2.24, 2.45) is 0 Å². The highest BCUT2D eigenvalue weighted by atomic mass is 16.5. The Morgan fingerprint density at radius 3 is 1.33 bits per heavy atom. The molecule has 0 spiro atoms. The Morgan fingerprint density at radius 1 is 0.833 bits per heavy atom. The van der Waals surface area contributed by atoms with Crippen molar-refractivity contribution in [2.45, 2.75) is 26.7 Å². The summed E-state index contributed by atoms with van der Waals surface area (Å²) in [5, 5.41) is 0. The SMILES string of the molecule is CC/C=C\CC.COCCOC. The molecule has 12 heavy (non-hydrogen) atoms. The summed E-state index contributed by atoms with van der Waals surface area (Å²) in [6.45, 7) is 5.67. The molecule has 0 rings (SSSR count). The van der Waals surface area contributed by atoms with Crippen LogP contribution in [-0.4, -0.2) is 27.4 Å². The summed E-state index contributed by atoms with van der Waals surface area (Å²) in [4.78, 5) is 0. The first kappa shape index (κ1) is 14.2. The van der Waals surface area contributed by atoms with Gasteiger partial charge in [0, 0.05) is 14.2 Å². The van der Waals surface area contributed by atoms with E-state index in [1.54, 1.807) is 14.2 Å². The van der Waals surface area contributed by atoms with Crippen LogP contribution in [0.5, 0.6) is 0 Å². The van der Waals surface area contributed by atoms with Gasteiger partial charge in [-0.1, -0.05) is 26.0 Å². The summed E-state index contributed by atoms with van der Waals surface area (Å²) >= 11 is 0.